The number of rotatable bonds is 5. The molecule has 1 saturated carbocycles. The van der Waals surface area contributed by atoms with Gasteiger partial charge in [0.1, 0.15) is 11.5 Å². The van der Waals surface area contributed by atoms with E-state index in [-0.39, 0.29) is 17.8 Å². The van der Waals surface area contributed by atoms with Gasteiger partial charge in [0.25, 0.3) is 0 Å². The van der Waals surface area contributed by atoms with Gasteiger partial charge in [0.15, 0.2) is 0 Å². The van der Waals surface area contributed by atoms with Crippen LogP contribution in [0.1, 0.15) is 37.7 Å². The second-order valence-electron chi connectivity index (χ2n) is 6.71. The van der Waals surface area contributed by atoms with Crippen LogP contribution in [0.4, 0.5) is 10.5 Å². The molecule has 5 nitrogen and oxygen atoms in total. The van der Waals surface area contributed by atoms with E-state index in [0.717, 1.165) is 31.2 Å². The molecule has 26 heavy (non-hydrogen) atoms. The van der Waals surface area contributed by atoms with E-state index in [1.165, 1.54) is 6.42 Å². The second kappa shape index (κ2) is 8.61. The average Bonchev–Trinajstić information content (AvgIpc) is 2.68. The minimum absolute atomic E-state index is 0.145. The van der Waals surface area contributed by atoms with Gasteiger partial charge in [-0.15, -0.1) is 0 Å². The molecule has 0 bridgehead atoms. The van der Waals surface area contributed by atoms with Crippen molar-refractivity contribution in [1.29, 1.82) is 0 Å². The minimum atomic E-state index is -0.145. The number of carbonyl (C=O) groups is 1. The first-order valence-electron chi connectivity index (χ1n) is 9.16. The standard InChI is InChI=1S/C21H26N2O3/c1-26-19-12-7-9-17(14-19)22-21(25)23(18-10-3-2-4-11-18)15-16-8-5-6-13-20(16)24/h5-9,12-14,18,24H,2-4,10-11,15H2,1H3,(H,22,25). The number of aromatic hydroxyl groups is 1. The molecule has 2 aromatic rings. The van der Waals surface area contributed by atoms with Crippen molar-refractivity contribution >= 4 is 11.7 Å². The third-order valence-corrected chi connectivity index (χ3v) is 4.93. The van der Waals surface area contributed by atoms with E-state index in [9.17, 15) is 9.90 Å². The van der Waals surface area contributed by atoms with E-state index < -0.39 is 0 Å². The molecular weight excluding hydrogens is 328 g/mol. The smallest absolute Gasteiger partial charge is 0.322 e. The Hall–Kier alpha value is -2.69. The zero-order chi connectivity index (χ0) is 18.4. The molecule has 138 valence electrons. The van der Waals surface area contributed by atoms with Crippen LogP contribution in [0.3, 0.4) is 0 Å². The summed E-state index contributed by atoms with van der Waals surface area (Å²) in [5.41, 5.74) is 1.46. The quantitative estimate of drug-likeness (QED) is 0.813. The fourth-order valence-electron chi connectivity index (χ4n) is 3.48. The van der Waals surface area contributed by atoms with E-state index in [1.54, 1.807) is 25.3 Å². The number of carbonyl (C=O) groups excluding carboxylic acids is 1. The molecule has 2 amide bonds. The maximum Gasteiger partial charge on any atom is 0.322 e. The maximum atomic E-state index is 13.0. The van der Waals surface area contributed by atoms with Gasteiger partial charge in [-0.05, 0) is 31.0 Å². The summed E-state index contributed by atoms with van der Waals surface area (Å²) in [6.07, 6.45) is 5.49. The molecule has 0 unspecified atom stereocenters. The third kappa shape index (κ3) is 4.48. The Kier molecular flexibility index (Phi) is 6.00. The number of nitrogens with zero attached hydrogens (tertiary/aromatic N) is 1. The van der Waals surface area contributed by atoms with Crippen LogP contribution in [0.15, 0.2) is 48.5 Å². The van der Waals surface area contributed by atoms with Gasteiger partial charge < -0.3 is 20.1 Å². The summed E-state index contributed by atoms with van der Waals surface area (Å²) < 4.78 is 5.23. The highest BCUT2D eigenvalue weighted by molar-refractivity contribution is 5.89. The van der Waals surface area contributed by atoms with E-state index in [0.29, 0.717) is 18.0 Å². The van der Waals surface area contributed by atoms with E-state index in [1.807, 2.05) is 35.2 Å². The number of hydrogen-bond acceptors (Lipinski definition) is 3. The van der Waals surface area contributed by atoms with E-state index >= 15 is 0 Å². The molecule has 0 spiro atoms. The molecule has 0 radical (unpaired) electrons. The molecule has 1 fully saturated rings. The van der Waals surface area contributed by atoms with Crippen molar-refractivity contribution in [2.75, 3.05) is 12.4 Å². The zero-order valence-corrected chi connectivity index (χ0v) is 15.1. The first-order chi connectivity index (χ1) is 12.7. The number of nitrogens with one attached hydrogen (secondary N) is 1. The van der Waals surface area contributed by atoms with Crippen molar-refractivity contribution in [3.8, 4) is 11.5 Å². The topological polar surface area (TPSA) is 61.8 Å². The van der Waals surface area contributed by atoms with Gasteiger partial charge in [0.05, 0.1) is 13.7 Å². The first-order valence-corrected chi connectivity index (χ1v) is 9.16. The summed E-state index contributed by atoms with van der Waals surface area (Å²) in [4.78, 5) is 14.9. The van der Waals surface area contributed by atoms with Crippen molar-refractivity contribution in [1.82, 2.24) is 4.90 Å². The van der Waals surface area contributed by atoms with E-state index in [2.05, 4.69) is 5.32 Å². The molecule has 0 heterocycles. The van der Waals surface area contributed by atoms with Crippen LogP contribution < -0.4 is 10.1 Å². The molecule has 0 saturated heterocycles. The lowest BCUT2D eigenvalue weighted by molar-refractivity contribution is 0.162. The molecule has 0 atom stereocenters. The number of para-hydroxylation sites is 1. The third-order valence-electron chi connectivity index (χ3n) is 4.93. The number of hydrogen-bond donors (Lipinski definition) is 2. The van der Waals surface area contributed by atoms with Crippen molar-refractivity contribution in [3.63, 3.8) is 0 Å². The lowest BCUT2D eigenvalue weighted by Crippen LogP contribution is -2.43. The number of ether oxygens (including phenoxy) is 1. The minimum Gasteiger partial charge on any atom is -0.508 e. The summed E-state index contributed by atoms with van der Waals surface area (Å²) >= 11 is 0. The summed E-state index contributed by atoms with van der Waals surface area (Å²) in [5.74, 6) is 0.926. The summed E-state index contributed by atoms with van der Waals surface area (Å²) in [6.45, 7) is 0.396. The highest BCUT2D eigenvalue weighted by atomic mass is 16.5. The van der Waals surface area contributed by atoms with Crippen molar-refractivity contribution < 1.29 is 14.6 Å². The number of phenols is 1. The molecule has 1 aliphatic carbocycles. The summed E-state index contributed by atoms with van der Waals surface area (Å²) in [5, 5.41) is 13.1. The van der Waals surface area contributed by atoms with Gasteiger partial charge in [-0.2, -0.15) is 0 Å². The fraction of sp³-hybridized carbons (Fsp3) is 0.381. The highest BCUT2D eigenvalue weighted by Gasteiger charge is 2.26. The number of phenolic OH excluding ortho intramolecular Hbond substituents is 1. The molecule has 2 aromatic carbocycles. The van der Waals surface area contributed by atoms with Gasteiger partial charge in [0.2, 0.25) is 0 Å². The molecular formula is C21H26N2O3. The van der Waals surface area contributed by atoms with Crippen LogP contribution in [0.2, 0.25) is 0 Å². The molecule has 1 aliphatic rings. The van der Waals surface area contributed by atoms with Crippen molar-refractivity contribution in [2.24, 2.45) is 0 Å². The molecule has 0 aromatic heterocycles. The van der Waals surface area contributed by atoms with Crippen LogP contribution in [0, 0.1) is 0 Å². The van der Waals surface area contributed by atoms with Crippen LogP contribution in [0.25, 0.3) is 0 Å². The first kappa shape index (κ1) is 18.1. The lowest BCUT2D eigenvalue weighted by Gasteiger charge is -2.34. The predicted molar refractivity (Wildman–Crippen MR) is 103 cm³/mol. The van der Waals surface area contributed by atoms with Crippen molar-refractivity contribution in [2.45, 2.75) is 44.7 Å². The SMILES string of the molecule is COc1cccc(NC(=O)N(Cc2ccccc2O)C2CCCCC2)c1. The molecule has 0 aliphatic heterocycles. The Bertz CT molecular complexity index is 742. The van der Waals surface area contributed by atoms with Crippen LogP contribution >= 0.6 is 0 Å². The van der Waals surface area contributed by atoms with Gasteiger partial charge in [-0.25, -0.2) is 4.79 Å². The Balaban J connectivity index is 1.79. The largest absolute Gasteiger partial charge is 0.508 e. The van der Waals surface area contributed by atoms with E-state index in [4.69, 9.17) is 4.74 Å². The number of anilines is 1. The van der Waals surface area contributed by atoms with Gasteiger partial charge in [-0.1, -0.05) is 43.5 Å². The van der Waals surface area contributed by atoms with Gasteiger partial charge >= 0.3 is 6.03 Å². The molecule has 3 rings (SSSR count). The highest BCUT2D eigenvalue weighted by Crippen LogP contribution is 2.27. The lowest BCUT2D eigenvalue weighted by atomic mass is 9.94. The van der Waals surface area contributed by atoms with Gasteiger partial charge in [0, 0.05) is 23.4 Å². The van der Waals surface area contributed by atoms with Crippen LogP contribution in [-0.4, -0.2) is 29.2 Å². The average molecular weight is 354 g/mol. The number of amides is 2. The van der Waals surface area contributed by atoms with Gasteiger partial charge in [-0.3, -0.25) is 0 Å². The van der Waals surface area contributed by atoms with Crippen molar-refractivity contribution in [3.05, 3.63) is 54.1 Å². The van der Waals surface area contributed by atoms with Crippen LogP contribution in [-0.2, 0) is 6.54 Å². The Morgan fingerprint density at radius 2 is 1.92 bits per heavy atom. The second-order valence-corrected chi connectivity index (χ2v) is 6.71. The molecule has 5 heteroatoms. The fourth-order valence-corrected chi connectivity index (χ4v) is 3.48. The Morgan fingerprint density at radius 3 is 2.65 bits per heavy atom. The normalized spacial score (nSPS) is 14.7. The van der Waals surface area contributed by atoms with Crippen LogP contribution in [0.5, 0.6) is 11.5 Å². The zero-order valence-electron chi connectivity index (χ0n) is 15.1. The number of benzene rings is 2. The number of methoxy groups -OCH3 is 1. The Labute approximate surface area is 154 Å². The summed E-state index contributed by atoms with van der Waals surface area (Å²) in [7, 11) is 1.60. The Morgan fingerprint density at radius 1 is 1.15 bits per heavy atom. The summed E-state index contributed by atoms with van der Waals surface area (Å²) in [6, 6.07) is 14.6. The predicted octanol–water partition coefficient (Wildman–Crippen LogP) is 4.77. The number of urea groups is 1. The molecule has 2 N–H and O–H groups in total. The monoisotopic (exact) mass is 354 g/mol. The maximum absolute atomic E-state index is 13.0.